The Labute approximate surface area is 152 Å². The Bertz CT molecular complexity index is 847. The number of aryl methyl sites for hydroxylation is 1. The van der Waals surface area contributed by atoms with E-state index >= 15 is 0 Å². The quantitative estimate of drug-likeness (QED) is 0.841. The monoisotopic (exact) mass is 351 g/mol. The average Bonchev–Trinajstić information content (AvgIpc) is 2.95. The first kappa shape index (κ1) is 17.7. The number of nitrogens with one attached hydrogen (secondary N) is 1. The van der Waals surface area contributed by atoms with Crippen LogP contribution in [0.1, 0.15) is 27.0 Å². The molecule has 0 radical (unpaired) electrons. The maximum Gasteiger partial charge on any atom is 0.324 e. The molecule has 1 heterocycles. The summed E-state index contributed by atoms with van der Waals surface area (Å²) in [5.41, 5.74) is 3.35. The van der Waals surface area contributed by atoms with E-state index in [0.717, 1.165) is 16.0 Å². The second-order valence-corrected chi connectivity index (χ2v) is 6.38. The Morgan fingerprint density at radius 1 is 1.08 bits per heavy atom. The number of carbonyl (C=O) groups is 3. The van der Waals surface area contributed by atoms with E-state index in [-0.39, 0.29) is 24.9 Å². The van der Waals surface area contributed by atoms with Gasteiger partial charge in [-0.3, -0.25) is 14.5 Å². The molecule has 6 nitrogen and oxygen atoms in total. The van der Waals surface area contributed by atoms with Crippen molar-refractivity contribution < 1.29 is 14.4 Å². The predicted molar refractivity (Wildman–Crippen MR) is 97.4 cm³/mol. The van der Waals surface area contributed by atoms with Crippen LogP contribution >= 0.6 is 0 Å². The van der Waals surface area contributed by atoms with Crippen LogP contribution in [-0.2, 0) is 17.9 Å². The van der Waals surface area contributed by atoms with Crippen molar-refractivity contribution >= 4 is 17.8 Å². The molecule has 0 aliphatic carbocycles. The smallest absolute Gasteiger partial charge is 0.324 e. The van der Waals surface area contributed by atoms with Crippen LogP contribution < -0.4 is 5.32 Å². The molecular formula is C20H21N3O3. The lowest BCUT2D eigenvalue weighted by molar-refractivity contribution is -0.125. The van der Waals surface area contributed by atoms with Crippen molar-refractivity contribution in [3.05, 3.63) is 70.8 Å². The largest absolute Gasteiger partial charge is 0.337 e. The summed E-state index contributed by atoms with van der Waals surface area (Å²) in [4.78, 5) is 39.3. The minimum atomic E-state index is -0.425. The standard InChI is InChI=1S/C20H21N3O3/c1-14-7-3-4-8-15(14)12-22(2)19(25)17-10-6-5-9-16(17)13-23-18(24)11-21-20(23)26/h3-10H,11-13H2,1-2H3,(H,21,26). The molecule has 1 N–H and O–H groups in total. The molecule has 2 aromatic rings. The summed E-state index contributed by atoms with van der Waals surface area (Å²) < 4.78 is 0. The van der Waals surface area contributed by atoms with Gasteiger partial charge in [0.1, 0.15) is 0 Å². The SMILES string of the molecule is Cc1ccccc1CN(C)C(=O)c1ccccc1CN1C(=O)CNC1=O. The lowest BCUT2D eigenvalue weighted by Crippen LogP contribution is -2.32. The minimum absolute atomic E-state index is 0.00212. The van der Waals surface area contributed by atoms with E-state index in [1.54, 1.807) is 36.2 Å². The van der Waals surface area contributed by atoms with Gasteiger partial charge in [-0.05, 0) is 29.7 Å². The molecule has 0 saturated carbocycles. The second-order valence-electron chi connectivity index (χ2n) is 6.38. The van der Waals surface area contributed by atoms with Crippen molar-refractivity contribution in [3.63, 3.8) is 0 Å². The second kappa shape index (κ2) is 7.39. The van der Waals surface area contributed by atoms with Crippen molar-refractivity contribution in [2.75, 3.05) is 13.6 Å². The zero-order chi connectivity index (χ0) is 18.7. The number of hydrogen-bond acceptors (Lipinski definition) is 3. The summed E-state index contributed by atoms with van der Waals surface area (Å²) in [6.45, 7) is 2.59. The van der Waals surface area contributed by atoms with Gasteiger partial charge in [0.05, 0.1) is 13.1 Å². The van der Waals surface area contributed by atoms with Gasteiger partial charge in [-0.25, -0.2) is 4.79 Å². The molecular weight excluding hydrogens is 330 g/mol. The van der Waals surface area contributed by atoms with Gasteiger partial charge in [0, 0.05) is 19.2 Å². The summed E-state index contributed by atoms with van der Waals surface area (Å²) in [5, 5.41) is 2.49. The molecule has 0 aromatic heterocycles. The van der Waals surface area contributed by atoms with Crippen molar-refractivity contribution in [1.29, 1.82) is 0 Å². The van der Waals surface area contributed by atoms with Gasteiger partial charge in [0.2, 0.25) is 5.91 Å². The Hall–Kier alpha value is -3.15. The first-order chi connectivity index (χ1) is 12.5. The molecule has 2 aromatic carbocycles. The van der Waals surface area contributed by atoms with Gasteiger partial charge in [0.15, 0.2) is 0 Å². The highest BCUT2D eigenvalue weighted by Gasteiger charge is 2.29. The molecule has 1 saturated heterocycles. The number of benzene rings is 2. The fraction of sp³-hybridized carbons (Fsp3) is 0.250. The van der Waals surface area contributed by atoms with Crippen molar-refractivity contribution in [3.8, 4) is 0 Å². The molecule has 0 bridgehead atoms. The van der Waals surface area contributed by atoms with Gasteiger partial charge in [0.25, 0.3) is 5.91 Å². The first-order valence-electron chi connectivity index (χ1n) is 8.43. The normalized spacial score (nSPS) is 13.7. The predicted octanol–water partition coefficient (Wildman–Crippen LogP) is 2.32. The first-order valence-corrected chi connectivity index (χ1v) is 8.43. The minimum Gasteiger partial charge on any atom is -0.337 e. The summed E-state index contributed by atoms with van der Waals surface area (Å²) in [6.07, 6.45) is 0. The van der Waals surface area contributed by atoms with Crippen LogP contribution in [-0.4, -0.2) is 41.2 Å². The third kappa shape index (κ3) is 3.59. The van der Waals surface area contributed by atoms with Crippen LogP contribution in [0.2, 0.25) is 0 Å². The third-order valence-electron chi connectivity index (χ3n) is 4.53. The fourth-order valence-corrected chi connectivity index (χ4v) is 2.97. The van der Waals surface area contributed by atoms with E-state index in [0.29, 0.717) is 17.7 Å². The molecule has 0 unspecified atom stereocenters. The Kier molecular flexibility index (Phi) is 5.02. The molecule has 1 aliphatic heterocycles. The maximum absolute atomic E-state index is 12.9. The molecule has 6 heteroatoms. The van der Waals surface area contributed by atoms with Crippen LogP contribution in [0.3, 0.4) is 0 Å². The Morgan fingerprint density at radius 3 is 2.38 bits per heavy atom. The zero-order valence-electron chi connectivity index (χ0n) is 14.9. The van der Waals surface area contributed by atoms with E-state index in [9.17, 15) is 14.4 Å². The maximum atomic E-state index is 12.9. The van der Waals surface area contributed by atoms with E-state index < -0.39 is 6.03 Å². The fourth-order valence-electron chi connectivity index (χ4n) is 2.97. The molecule has 4 amide bonds. The van der Waals surface area contributed by atoms with Gasteiger partial charge in [-0.1, -0.05) is 42.5 Å². The van der Waals surface area contributed by atoms with Crippen LogP contribution in [0.15, 0.2) is 48.5 Å². The van der Waals surface area contributed by atoms with Crippen LogP contribution in [0.25, 0.3) is 0 Å². The van der Waals surface area contributed by atoms with Gasteiger partial charge in [-0.2, -0.15) is 0 Å². The number of amides is 4. The molecule has 26 heavy (non-hydrogen) atoms. The molecule has 0 atom stereocenters. The molecule has 1 aliphatic rings. The average molecular weight is 351 g/mol. The lowest BCUT2D eigenvalue weighted by Gasteiger charge is -2.21. The molecule has 1 fully saturated rings. The molecule has 134 valence electrons. The van der Waals surface area contributed by atoms with Crippen molar-refractivity contribution in [1.82, 2.24) is 15.1 Å². The van der Waals surface area contributed by atoms with Gasteiger partial charge < -0.3 is 10.2 Å². The number of urea groups is 1. The van der Waals surface area contributed by atoms with Crippen LogP contribution in [0.4, 0.5) is 4.79 Å². The van der Waals surface area contributed by atoms with Crippen molar-refractivity contribution in [2.24, 2.45) is 0 Å². The van der Waals surface area contributed by atoms with E-state index in [2.05, 4.69) is 5.32 Å². The number of rotatable bonds is 5. The molecule has 3 rings (SSSR count). The number of carbonyl (C=O) groups excluding carboxylic acids is 3. The summed E-state index contributed by atoms with van der Waals surface area (Å²) in [7, 11) is 1.75. The zero-order valence-corrected chi connectivity index (χ0v) is 14.9. The Morgan fingerprint density at radius 2 is 1.73 bits per heavy atom. The summed E-state index contributed by atoms with van der Waals surface area (Å²) in [6, 6.07) is 14.6. The van der Waals surface area contributed by atoms with Crippen molar-refractivity contribution in [2.45, 2.75) is 20.0 Å². The highest BCUT2D eigenvalue weighted by molar-refractivity contribution is 6.02. The third-order valence-corrected chi connectivity index (χ3v) is 4.53. The number of imide groups is 1. The summed E-state index contributed by atoms with van der Waals surface area (Å²) >= 11 is 0. The summed E-state index contributed by atoms with van der Waals surface area (Å²) in [5.74, 6) is -0.429. The lowest BCUT2D eigenvalue weighted by atomic mass is 10.0. The van der Waals surface area contributed by atoms with E-state index in [1.165, 1.54) is 0 Å². The van der Waals surface area contributed by atoms with Gasteiger partial charge >= 0.3 is 6.03 Å². The van der Waals surface area contributed by atoms with Gasteiger partial charge in [-0.15, -0.1) is 0 Å². The van der Waals surface area contributed by atoms with Crippen LogP contribution in [0.5, 0.6) is 0 Å². The number of hydrogen-bond donors (Lipinski definition) is 1. The molecule has 0 spiro atoms. The topological polar surface area (TPSA) is 69.7 Å². The highest BCUT2D eigenvalue weighted by Crippen LogP contribution is 2.17. The van der Waals surface area contributed by atoms with E-state index in [4.69, 9.17) is 0 Å². The highest BCUT2D eigenvalue weighted by atomic mass is 16.2. The number of nitrogens with zero attached hydrogens (tertiary/aromatic N) is 2. The Balaban J connectivity index is 1.80. The van der Waals surface area contributed by atoms with Crippen LogP contribution in [0, 0.1) is 6.92 Å². The van der Waals surface area contributed by atoms with E-state index in [1.807, 2.05) is 31.2 Å².